The van der Waals surface area contributed by atoms with Crippen molar-refractivity contribution in [3.05, 3.63) is 52.5 Å². The molecule has 4 N–H and O–H groups in total. The van der Waals surface area contributed by atoms with Crippen molar-refractivity contribution < 1.29 is 32.9 Å². The lowest BCUT2D eigenvalue weighted by atomic mass is 9.89. The minimum absolute atomic E-state index is 0.0196. The monoisotopic (exact) mass is 1040 g/mol. The molecule has 9 heterocycles. The first kappa shape index (κ1) is 64.9. The van der Waals surface area contributed by atoms with Gasteiger partial charge in [-0.15, -0.1) is 0 Å². The minimum atomic E-state index is -0.916. The van der Waals surface area contributed by atoms with E-state index in [-0.39, 0.29) is 11.7 Å². The van der Waals surface area contributed by atoms with Gasteiger partial charge in [-0.3, -0.25) is 14.6 Å². The van der Waals surface area contributed by atoms with E-state index < -0.39 is 17.0 Å². The summed E-state index contributed by atoms with van der Waals surface area (Å²) in [5.74, 6) is 3.68. The van der Waals surface area contributed by atoms with Crippen molar-refractivity contribution in [2.45, 2.75) is 180 Å². The van der Waals surface area contributed by atoms with Crippen LogP contribution in [0, 0.1) is 31.6 Å². The predicted molar refractivity (Wildman–Crippen MR) is 293 cm³/mol. The Labute approximate surface area is 440 Å². The third kappa shape index (κ3) is 29.1. The lowest BCUT2D eigenvalue weighted by Crippen LogP contribution is -2.53. The Hall–Kier alpha value is -2.41. The van der Waals surface area contributed by atoms with E-state index in [0.717, 1.165) is 120 Å². The van der Waals surface area contributed by atoms with E-state index in [1.165, 1.54) is 64.7 Å². The first-order chi connectivity index (χ1) is 34.5. The van der Waals surface area contributed by atoms with E-state index in [9.17, 15) is 18.0 Å². The number of aliphatic hydroxyl groups is 2. The number of aromatic nitrogens is 3. The quantitative estimate of drug-likeness (QED) is 0.235. The fourth-order valence-electron chi connectivity index (χ4n) is 9.31. The van der Waals surface area contributed by atoms with Gasteiger partial charge in [-0.25, -0.2) is 18.2 Å². The van der Waals surface area contributed by atoms with Crippen molar-refractivity contribution in [2.24, 2.45) is 24.8 Å². The molecule has 0 atom stereocenters. The van der Waals surface area contributed by atoms with E-state index in [1.807, 2.05) is 27.0 Å². The number of nitrogens with zero attached hydrogens (tertiary/aromatic N) is 6. The van der Waals surface area contributed by atoms with Crippen LogP contribution in [0.25, 0.3) is 0 Å². The van der Waals surface area contributed by atoms with Crippen molar-refractivity contribution >= 4 is 0 Å². The number of hydrogen-bond acceptors (Lipinski definition) is 11. The largest absolute Gasteiger partial charge is 0.395 e. The second-order valence-electron chi connectivity index (χ2n) is 23.4. The molecule has 7 aliphatic heterocycles. The molecule has 73 heavy (non-hydrogen) atoms. The molecule has 1 saturated carbocycles. The smallest absolute Gasteiger partial charge is 0.250 e. The highest BCUT2D eigenvalue weighted by molar-refractivity contribution is 5.07. The summed E-state index contributed by atoms with van der Waals surface area (Å²) in [6, 6.07) is 4.87. The Balaban J connectivity index is 0.000000222. The van der Waals surface area contributed by atoms with Crippen LogP contribution in [-0.2, 0) is 16.5 Å². The zero-order chi connectivity index (χ0) is 53.9. The SMILES string of the molecule is CC1(F)CCN(C2COC2)CC1.CC1(F)CCNCC1.CC1CCC(O)CC1.CC1CCN(C2COC2)CC1.CC1CCN(CCO)CC1.CN1CCC(C)(F)CC1.Cc1ccn(C)c(=O)c1.Cc1ncc[nH]1. The van der Waals surface area contributed by atoms with Gasteiger partial charge in [-0.05, 0) is 200 Å². The number of pyridine rings is 1. The van der Waals surface area contributed by atoms with Crippen LogP contribution in [0.5, 0.6) is 0 Å². The summed E-state index contributed by atoms with van der Waals surface area (Å²) in [6.45, 7) is 30.9. The molecule has 2 aromatic rings. The fourth-order valence-corrected chi connectivity index (χ4v) is 9.31. The predicted octanol–water partition coefficient (Wildman–Crippen LogP) is 8.54. The highest BCUT2D eigenvalue weighted by atomic mass is 19.2. The number of aromatic amines is 1. The zero-order valence-electron chi connectivity index (χ0n) is 47.5. The van der Waals surface area contributed by atoms with Gasteiger partial charge in [0.1, 0.15) is 22.8 Å². The molecule has 0 spiro atoms. The molecule has 10 rings (SSSR count). The third-order valence-electron chi connectivity index (χ3n) is 15.8. The fraction of sp³-hybridized carbons (Fsp3) is 0.860. The number of piperidine rings is 5. The van der Waals surface area contributed by atoms with Crippen molar-refractivity contribution in [1.82, 2.24) is 39.5 Å². The van der Waals surface area contributed by atoms with Crippen LogP contribution in [0.4, 0.5) is 13.2 Å². The maximum atomic E-state index is 13.4. The summed E-state index contributed by atoms with van der Waals surface area (Å²) in [5.41, 5.74) is -1.62. The first-order valence-corrected chi connectivity index (χ1v) is 28.3. The van der Waals surface area contributed by atoms with Gasteiger partial charge in [-0.1, -0.05) is 20.8 Å². The van der Waals surface area contributed by atoms with Crippen LogP contribution < -0.4 is 10.9 Å². The molecule has 0 bridgehead atoms. The van der Waals surface area contributed by atoms with Gasteiger partial charge in [0.2, 0.25) is 0 Å². The van der Waals surface area contributed by atoms with Crippen molar-refractivity contribution in [1.29, 1.82) is 0 Å². The molecule has 8 fully saturated rings. The van der Waals surface area contributed by atoms with Crippen LogP contribution in [0.2, 0.25) is 0 Å². The van der Waals surface area contributed by atoms with E-state index in [4.69, 9.17) is 19.7 Å². The molecule has 16 heteroatoms. The third-order valence-corrected chi connectivity index (χ3v) is 15.8. The van der Waals surface area contributed by atoms with E-state index in [1.54, 1.807) is 57.0 Å². The summed E-state index contributed by atoms with van der Waals surface area (Å²) >= 11 is 0. The second kappa shape index (κ2) is 34.4. The number of likely N-dealkylation sites (tertiary alicyclic amines) is 4. The Morgan fingerprint density at radius 2 is 1.12 bits per heavy atom. The topological polar surface area (TPSA) is 135 Å². The summed E-state index contributed by atoms with van der Waals surface area (Å²) < 4.78 is 51.0. The summed E-state index contributed by atoms with van der Waals surface area (Å²) in [4.78, 5) is 27.0. The van der Waals surface area contributed by atoms with Crippen molar-refractivity contribution in [3.63, 3.8) is 0 Å². The number of nitrogens with one attached hydrogen (secondary N) is 2. The van der Waals surface area contributed by atoms with E-state index in [0.29, 0.717) is 51.2 Å². The number of H-pyrrole nitrogens is 1. The molecular weight excluding hydrogens is 934 g/mol. The van der Waals surface area contributed by atoms with Gasteiger partial charge in [0.15, 0.2) is 0 Å². The van der Waals surface area contributed by atoms with Gasteiger partial charge in [0.05, 0.1) is 51.2 Å². The molecule has 8 aliphatic rings. The number of imidazole rings is 1. The Bertz CT molecular complexity index is 1700. The van der Waals surface area contributed by atoms with Crippen LogP contribution in [0.15, 0.2) is 35.5 Å². The maximum absolute atomic E-state index is 13.4. The number of halogens is 3. The lowest BCUT2D eigenvalue weighted by Gasteiger charge is -2.42. The molecule has 0 aromatic carbocycles. The number of aryl methyl sites for hydroxylation is 3. The van der Waals surface area contributed by atoms with Gasteiger partial charge in [0.25, 0.3) is 5.56 Å². The summed E-state index contributed by atoms with van der Waals surface area (Å²) in [6.07, 6.45) is 19.3. The van der Waals surface area contributed by atoms with Gasteiger partial charge < -0.3 is 44.4 Å². The molecular formula is C57H105F3N8O5. The summed E-state index contributed by atoms with van der Waals surface area (Å²) in [7, 11) is 3.77. The standard InChI is InChI=1S/C9H16FNO.C9H17NO.C8H17NO.C7H14FN.C7H9NO.C7H14O.C6H12FN.C4H6N2/c1-9(10)2-4-11(5-3-9)8-6-12-7-8;1-8-2-4-10(5-3-8)9-6-11-7-9;1-8-2-4-9(5-3-8)6-7-10;1-7(8)3-5-9(2)6-4-7;1-6-3-4-8(2)7(9)5-6;1-6-2-4-7(8)5-3-6;1-6(7)2-4-8-5-3-6;1-4-5-2-3-6-4/h8H,2-7H2,1H3;8-9H,2-7H2,1H3;8,10H,2-7H2,1H3;3-6H2,1-2H3;3-5H,1-2H3;6-8H,2-5H2,1H3;8H,2-5H2,1H3;2-3H,1H3,(H,5,6). The van der Waals surface area contributed by atoms with Crippen LogP contribution in [0.3, 0.4) is 0 Å². The Morgan fingerprint density at radius 3 is 1.47 bits per heavy atom. The number of hydrogen-bond donors (Lipinski definition) is 4. The molecule has 1 aliphatic carbocycles. The Kier molecular flexibility index (Phi) is 30.6. The average Bonchev–Trinajstić information content (AvgIpc) is 3.80. The normalized spacial score (nSPS) is 25.7. The second-order valence-corrected chi connectivity index (χ2v) is 23.4. The number of β-amino-alcohol motifs (C(OH)–C–C–N with tert-alkyl or cyclic N) is 1. The molecule has 0 radical (unpaired) electrons. The van der Waals surface area contributed by atoms with E-state index in [2.05, 4.69) is 55.7 Å². The maximum Gasteiger partial charge on any atom is 0.250 e. The number of alkyl halides is 3. The molecule has 0 unspecified atom stereocenters. The highest BCUT2D eigenvalue weighted by Crippen LogP contribution is 2.28. The lowest BCUT2D eigenvalue weighted by molar-refractivity contribution is -0.0827. The van der Waals surface area contributed by atoms with Crippen molar-refractivity contribution in [3.8, 4) is 0 Å². The Morgan fingerprint density at radius 1 is 0.671 bits per heavy atom. The van der Waals surface area contributed by atoms with Crippen LogP contribution >= 0.6 is 0 Å². The van der Waals surface area contributed by atoms with Gasteiger partial charge >= 0.3 is 0 Å². The zero-order valence-corrected chi connectivity index (χ0v) is 47.5. The average molecular weight is 1040 g/mol. The minimum Gasteiger partial charge on any atom is -0.395 e. The highest BCUT2D eigenvalue weighted by Gasteiger charge is 2.35. The van der Waals surface area contributed by atoms with Crippen LogP contribution in [0.1, 0.15) is 143 Å². The number of aliphatic hydroxyl groups excluding tert-OH is 2. The molecule has 424 valence electrons. The van der Waals surface area contributed by atoms with E-state index >= 15 is 0 Å². The summed E-state index contributed by atoms with van der Waals surface area (Å²) in [5, 5.41) is 20.8. The molecule has 13 nitrogen and oxygen atoms in total. The first-order valence-electron chi connectivity index (χ1n) is 28.3. The van der Waals surface area contributed by atoms with Gasteiger partial charge in [-0.2, -0.15) is 0 Å². The molecule has 2 aromatic heterocycles. The number of rotatable bonds is 4. The van der Waals surface area contributed by atoms with Gasteiger partial charge in [0, 0.05) is 64.4 Å². The molecule has 0 amide bonds. The van der Waals surface area contributed by atoms with Crippen LogP contribution in [-0.4, -0.2) is 192 Å². The van der Waals surface area contributed by atoms with Crippen molar-refractivity contribution in [2.75, 3.05) is 112 Å². The number of ether oxygens (including phenoxy) is 2. The molecule has 7 saturated heterocycles.